The number of pyridine rings is 1. The Morgan fingerprint density at radius 1 is 1.13 bits per heavy atom. The Bertz CT molecular complexity index is 762. The topological polar surface area (TPSA) is 114 Å². The lowest BCUT2D eigenvalue weighted by molar-refractivity contribution is 0.432. The first-order valence-electron chi connectivity index (χ1n) is 6.88. The van der Waals surface area contributed by atoms with Crippen molar-refractivity contribution in [1.82, 2.24) is 14.6 Å². The monoisotopic (exact) mass is 361 g/mol. The van der Waals surface area contributed by atoms with Gasteiger partial charge in [-0.05, 0) is 31.2 Å². The van der Waals surface area contributed by atoms with Crippen molar-refractivity contribution < 1.29 is 19.0 Å². The van der Waals surface area contributed by atoms with Crippen molar-refractivity contribution >= 4 is 33.2 Å². The zero-order valence-corrected chi connectivity index (χ0v) is 14.0. The highest BCUT2D eigenvalue weighted by molar-refractivity contribution is 7.89. The molecule has 1 aliphatic rings. The van der Waals surface area contributed by atoms with Crippen LogP contribution in [-0.2, 0) is 10.0 Å². The van der Waals surface area contributed by atoms with Gasteiger partial charge in [-0.15, -0.1) is 12.4 Å². The smallest absolute Gasteiger partial charge is 0.243 e. The van der Waals surface area contributed by atoms with Crippen molar-refractivity contribution in [2.24, 2.45) is 0 Å². The van der Waals surface area contributed by atoms with Crippen molar-refractivity contribution in [1.29, 1.82) is 0 Å². The van der Waals surface area contributed by atoms with E-state index in [2.05, 4.69) is 10.3 Å². The molecule has 9 heteroatoms. The fourth-order valence-electron chi connectivity index (χ4n) is 2.59. The van der Waals surface area contributed by atoms with E-state index in [9.17, 15) is 13.5 Å². The first kappa shape index (κ1) is 19.6. The fourth-order valence-corrected chi connectivity index (χ4v) is 4.27. The van der Waals surface area contributed by atoms with Gasteiger partial charge < -0.3 is 15.9 Å². The molecule has 7 nitrogen and oxygen atoms in total. The molecular weight excluding hydrogens is 342 g/mol. The second-order valence-corrected chi connectivity index (χ2v) is 6.90. The van der Waals surface area contributed by atoms with Crippen molar-refractivity contribution in [2.45, 2.75) is 11.3 Å². The number of aromatic nitrogens is 1. The Hall–Kier alpha value is -1.45. The fraction of sp³-hybridized carbons (Fsp3) is 0.357. The third-order valence-electron chi connectivity index (χ3n) is 3.66. The average molecular weight is 362 g/mol. The lowest BCUT2D eigenvalue weighted by atomic mass is 10.2. The van der Waals surface area contributed by atoms with E-state index in [1.807, 2.05) is 0 Å². The standard InChI is InChI=1S/C14H17N3O3S.ClH.H2O/c18-14-12-3-1-4-13(11(12)5-7-16-14)21(19,20)17-9-2-6-15-8-10-17;;/h1,3-5,7,15H,2,6,8-10H2,(H,16,18);1H;1H2. The number of nitrogens with zero attached hydrogens (tertiary/aromatic N) is 2. The van der Waals surface area contributed by atoms with E-state index in [0.717, 1.165) is 13.0 Å². The average Bonchev–Trinajstić information content (AvgIpc) is 2.77. The molecule has 3 rings (SSSR count). The van der Waals surface area contributed by atoms with Crippen molar-refractivity contribution in [3.05, 3.63) is 30.5 Å². The van der Waals surface area contributed by atoms with Gasteiger partial charge in [0.05, 0.1) is 4.90 Å². The SMILES string of the molecule is Cl.O.O=S(=O)(c1cccc2c(O)nccc12)N1CCCNCC1. The van der Waals surface area contributed by atoms with Gasteiger partial charge in [-0.3, -0.25) is 0 Å². The van der Waals surface area contributed by atoms with Gasteiger partial charge in [0.25, 0.3) is 0 Å². The van der Waals surface area contributed by atoms with Crippen LogP contribution >= 0.6 is 12.4 Å². The molecule has 0 bridgehead atoms. The van der Waals surface area contributed by atoms with Crippen LogP contribution < -0.4 is 5.32 Å². The maximum Gasteiger partial charge on any atom is 0.243 e. The van der Waals surface area contributed by atoms with Crippen LogP contribution in [0.15, 0.2) is 35.4 Å². The van der Waals surface area contributed by atoms with Crippen LogP contribution in [0, 0.1) is 0 Å². The predicted molar refractivity (Wildman–Crippen MR) is 90.5 cm³/mol. The van der Waals surface area contributed by atoms with Gasteiger partial charge in [-0.2, -0.15) is 4.31 Å². The highest BCUT2D eigenvalue weighted by Gasteiger charge is 2.27. The van der Waals surface area contributed by atoms with Crippen molar-refractivity contribution in [3.63, 3.8) is 0 Å². The van der Waals surface area contributed by atoms with Crippen LogP contribution in [0.5, 0.6) is 5.88 Å². The van der Waals surface area contributed by atoms with Crippen LogP contribution in [0.4, 0.5) is 0 Å². The molecule has 1 saturated heterocycles. The molecule has 2 heterocycles. The van der Waals surface area contributed by atoms with Crippen molar-refractivity contribution in [2.75, 3.05) is 26.2 Å². The summed E-state index contributed by atoms with van der Waals surface area (Å²) in [6.45, 7) is 2.43. The summed E-state index contributed by atoms with van der Waals surface area (Å²) in [6.07, 6.45) is 2.21. The molecule has 2 aromatic rings. The first-order valence-corrected chi connectivity index (χ1v) is 8.32. The van der Waals surface area contributed by atoms with E-state index in [0.29, 0.717) is 30.4 Å². The predicted octanol–water partition coefficient (Wildman–Crippen LogP) is 0.521. The Labute approximate surface area is 141 Å². The van der Waals surface area contributed by atoms with E-state index in [-0.39, 0.29) is 28.7 Å². The number of aromatic hydroxyl groups is 1. The molecule has 0 atom stereocenters. The van der Waals surface area contributed by atoms with E-state index in [1.165, 1.54) is 10.5 Å². The van der Waals surface area contributed by atoms with Gasteiger partial charge >= 0.3 is 0 Å². The summed E-state index contributed by atoms with van der Waals surface area (Å²) in [7, 11) is -3.57. The zero-order valence-electron chi connectivity index (χ0n) is 12.4. The Kier molecular flexibility index (Phi) is 6.72. The molecule has 0 aliphatic carbocycles. The highest BCUT2D eigenvalue weighted by atomic mass is 35.5. The van der Waals surface area contributed by atoms with Gasteiger partial charge in [-0.25, -0.2) is 13.4 Å². The van der Waals surface area contributed by atoms with Gasteiger partial charge in [-0.1, -0.05) is 6.07 Å². The molecule has 1 aliphatic heterocycles. The van der Waals surface area contributed by atoms with Crippen LogP contribution in [0.25, 0.3) is 10.8 Å². The first-order chi connectivity index (χ1) is 10.1. The van der Waals surface area contributed by atoms with Crippen LogP contribution in [0.2, 0.25) is 0 Å². The molecule has 0 spiro atoms. The molecule has 0 radical (unpaired) electrons. The van der Waals surface area contributed by atoms with E-state index in [1.54, 1.807) is 24.3 Å². The number of hydrogen-bond donors (Lipinski definition) is 2. The normalized spacial score (nSPS) is 16.2. The third kappa shape index (κ3) is 3.73. The zero-order chi connectivity index (χ0) is 14.9. The molecular formula is C14H20ClN3O4S. The second-order valence-electron chi connectivity index (χ2n) is 4.99. The maximum atomic E-state index is 12.9. The van der Waals surface area contributed by atoms with Crippen LogP contribution in [0.3, 0.4) is 0 Å². The molecule has 128 valence electrons. The number of sulfonamides is 1. The molecule has 0 saturated carbocycles. The molecule has 0 unspecified atom stereocenters. The largest absolute Gasteiger partial charge is 0.493 e. The number of nitrogens with one attached hydrogen (secondary N) is 1. The van der Waals surface area contributed by atoms with Gasteiger partial charge in [0.15, 0.2) is 0 Å². The summed E-state index contributed by atoms with van der Waals surface area (Å²) >= 11 is 0. The number of benzene rings is 1. The summed E-state index contributed by atoms with van der Waals surface area (Å²) in [5.41, 5.74) is 0. The quantitative estimate of drug-likeness (QED) is 0.809. The lowest BCUT2D eigenvalue weighted by Gasteiger charge is -2.20. The van der Waals surface area contributed by atoms with E-state index < -0.39 is 10.0 Å². The highest BCUT2D eigenvalue weighted by Crippen LogP contribution is 2.29. The van der Waals surface area contributed by atoms with Gasteiger partial charge in [0, 0.05) is 36.6 Å². The number of hydrogen-bond acceptors (Lipinski definition) is 5. The minimum atomic E-state index is -3.57. The Balaban J connectivity index is 0.00000132. The summed E-state index contributed by atoms with van der Waals surface area (Å²) in [5, 5.41) is 13.9. The molecule has 1 aromatic heterocycles. The summed E-state index contributed by atoms with van der Waals surface area (Å²) in [5.74, 6) is -0.151. The van der Waals surface area contributed by atoms with Crippen LogP contribution in [-0.4, -0.2) is 54.5 Å². The third-order valence-corrected chi connectivity index (χ3v) is 5.62. The summed E-state index contributed by atoms with van der Waals surface area (Å²) in [6, 6.07) is 6.50. The van der Waals surface area contributed by atoms with Gasteiger partial charge in [0.2, 0.25) is 15.9 Å². The minimum absolute atomic E-state index is 0. The molecule has 23 heavy (non-hydrogen) atoms. The number of rotatable bonds is 2. The molecule has 1 fully saturated rings. The van der Waals surface area contributed by atoms with Crippen molar-refractivity contribution in [3.8, 4) is 5.88 Å². The molecule has 0 amide bonds. The van der Waals surface area contributed by atoms with Gasteiger partial charge in [0.1, 0.15) is 0 Å². The molecule has 4 N–H and O–H groups in total. The Morgan fingerprint density at radius 2 is 1.91 bits per heavy atom. The van der Waals surface area contributed by atoms with Crippen LogP contribution in [0.1, 0.15) is 6.42 Å². The number of fused-ring (bicyclic) bond motifs is 1. The minimum Gasteiger partial charge on any atom is -0.493 e. The van der Waals surface area contributed by atoms with E-state index in [4.69, 9.17) is 0 Å². The maximum absolute atomic E-state index is 12.9. The Morgan fingerprint density at radius 3 is 2.70 bits per heavy atom. The number of halogens is 1. The summed E-state index contributed by atoms with van der Waals surface area (Å²) in [4.78, 5) is 4.02. The second kappa shape index (κ2) is 7.89. The van der Waals surface area contributed by atoms with E-state index >= 15 is 0 Å². The summed E-state index contributed by atoms with van der Waals surface area (Å²) < 4.78 is 27.2. The molecule has 1 aromatic carbocycles. The lowest BCUT2D eigenvalue weighted by Crippen LogP contribution is -2.34.